The first-order valence-electron chi connectivity index (χ1n) is 10.5. The van der Waals surface area contributed by atoms with Crippen LogP contribution < -0.4 is 5.73 Å². The van der Waals surface area contributed by atoms with Gasteiger partial charge in [0.05, 0.1) is 5.69 Å². The van der Waals surface area contributed by atoms with Gasteiger partial charge in [0.15, 0.2) is 5.41 Å². The molecule has 1 saturated carbocycles. The number of pyridine rings is 1. The first-order chi connectivity index (χ1) is 14.3. The summed E-state index contributed by atoms with van der Waals surface area (Å²) in [7, 11) is 0. The number of esters is 1. The Kier molecular flexibility index (Phi) is 5.22. The summed E-state index contributed by atoms with van der Waals surface area (Å²) in [5, 5.41) is 0. The smallest absolute Gasteiger partial charge is 0.322 e. The summed E-state index contributed by atoms with van der Waals surface area (Å²) in [6.07, 6.45) is 6.04. The normalized spacial score (nSPS) is 33.3. The molecule has 5 heteroatoms. The van der Waals surface area contributed by atoms with Gasteiger partial charge in [0, 0.05) is 17.7 Å². The molecule has 1 aliphatic carbocycles. The number of primary amides is 1. The van der Waals surface area contributed by atoms with Crippen LogP contribution in [0.3, 0.4) is 0 Å². The Bertz CT molecular complexity index is 970. The van der Waals surface area contributed by atoms with Crippen molar-refractivity contribution >= 4 is 18.0 Å². The zero-order valence-corrected chi connectivity index (χ0v) is 17.6. The minimum Gasteiger partial charge on any atom is -0.461 e. The fourth-order valence-corrected chi connectivity index (χ4v) is 5.32. The Morgan fingerprint density at radius 3 is 2.50 bits per heavy atom. The summed E-state index contributed by atoms with van der Waals surface area (Å²) in [4.78, 5) is 29.7. The summed E-state index contributed by atoms with van der Waals surface area (Å²) >= 11 is 0. The second-order valence-electron chi connectivity index (χ2n) is 8.79. The third kappa shape index (κ3) is 3.22. The number of hydrogen-bond donors (Lipinski definition) is 1. The van der Waals surface area contributed by atoms with Crippen molar-refractivity contribution in [1.29, 1.82) is 0 Å². The van der Waals surface area contributed by atoms with Crippen LogP contribution in [0.2, 0.25) is 0 Å². The summed E-state index contributed by atoms with van der Waals surface area (Å²) in [6.45, 7) is 6.12. The molecule has 30 heavy (non-hydrogen) atoms. The number of fused-ring (bicyclic) bond motifs is 1. The molecule has 1 amide bonds. The molecule has 0 spiro atoms. The highest BCUT2D eigenvalue weighted by molar-refractivity contribution is 6.04. The van der Waals surface area contributed by atoms with E-state index in [9.17, 15) is 9.59 Å². The van der Waals surface area contributed by atoms with Crippen molar-refractivity contribution in [3.8, 4) is 11.1 Å². The Morgan fingerprint density at radius 2 is 1.87 bits per heavy atom. The summed E-state index contributed by atoms with van der Waals surface area (Å²) in [5.41, 5.74) is 7.55. The minimum atomic E-state index is -1.23. The average Bonchev–Trinajstić information content (AvgIpc) is 3.00. The van der Waals surface area contributed by atoms with Gasteiger partial charge in [-0.3, -0.25) is 14.6 Å². The third-order valence-electron chi connectivity index (χ3n) is 7.12. The molecule has 2 aliphatic rings. The number of nitrogens with zero attached hydrogens (tertiary/aromatic N) is 1. The number of allylic oxidation sites excluding steroid dienone is 1. The van der Waals surface area contributed by atoms with Crippen LogP contribution in [0, 0.1) is 29.1 Å². The third-order valence-corrected chi connectivity index (χ3v) is 7.12. The van der Waals surface area contributed by atoms with E-state index in [0.717, 1.165) is 16.8 Å². The van der Waals surface area contributed by atoms with E-state index in [1.807, 2.05) is 49.5 Å². The van der Waals surface area contributed by atoms with Crippen molar-refractivity contribution < 1.29 is 14.3 Å². The number of aromatic nitrogens is 1. The second kappa shape index (κ2) is 7.71. The lowest BCUT2D eigenvalue weighted by Gasteiger charge is -2.45. The van der Waals surface area contributed by atoms with Crippen molar-refractivity contribution in [2.75, 3.05) is 0 Å². The summed E-state index contributed by atoms with van der Waals surface area (Å²) < 4.78 is 5.53. The number of ether oxygens (including phenoxy) is 1. The molecule has 2 heterocycles. The fourth-order valence-electron chi connectivity index (χ4n) is 5.32. The number of hydrogen-bond acceptors (Lipinski definition) is 4. The Balaban J connectivity index is 1.63. The van der Waals surface area contributed by atoms with E-state index in [1.54, 1.807) is 0 Å². The molecule has 2 fully saturated rings. The molecular formula is C25H28N2O3. The lowest BCUT2D eigenvalue weighted by atomic mass is 9.54. The van der Waals surface area contributed by atoms with E-state index in [0.29, 0.717) is 12.3 Å². The van der Waals surface area contributed by atoms with E-state index < -0.39 is 17.3 Å². The molecule has 1 saturated heterocycles. The van der Waals surface area contributed by atoms with E-state index in [4.69, 9.17) is 10.5 Å². The Hall–Kier alpha value is -2.95. The molecule has 1 aliphatic heterocycles. The van der Waals surface area contributed by atoms with Crippen LogP contribution in [0.1, 0.15) is 32.9 Å². The highest BCUT2D eigenvalue weighted by atomic mass is 16.6. The van der Waals surface area contributed by atoms with Crippen LogP contribution in [0.5, 0.6) is 0 Å². The number of amides is 1. The van der Waals surface area contributed by atoms with Gasteiger partial charge < -0.3 is 10.5 Å². The van der Waals surface area contributed by atoms with E-state index in [2.05, 4.69) is 37.0 Å². The monoisotopic (exact) mass is 404 g/mol. The molecule has 5 nitrogen and oxygen atoms in total. The number of carbonyl (C=O) groups excluding carboxylic acids is 2. The number of cyclic esters (lactones) is 1. The molecule has 1 aromatic heterocycles. The number of rotatable bonds is 4. The van der Waals surface area contributed by atoms with Gasteiger partial charge in [0.1, 0.15) is 6.10 Å². The Morgan fingerprint density at radius 1 is 1.13 bits per heavy atom. The SMILES string of the molecule is C[C@H]1[C@H](C=Cc2ccc(-c3ccccc3)cn2)[C@@H]2[C@@H](C)OC(=O)[C@]2(C(N)=O)C[C@@H]1C. The van der Waals surface area contributed by atoms with Gasteiger partial charge in [-0.2, -0.15) is 0 Å². The molecule has 6 atom stereocenters. The molecular weight excluding hydrogens is 376 g/mol. The maximum absolute atomic E-state index is 12.7. The zero-order chi connectivity index (χ0) is 21.5. The van der Waals surface area contributed by atoms with Gasteiger partial charge in [-0.25, -0.2) is 0 Å². The van der Waals surface area contributed by atoms with Crippen molar-refractivity contribution in [3.05, 3.63) is 60.4 Å². The molecule has 1 aromatic carbocycles. The van der Waals surface area contributed by atoms with Crippen molar-refractivity contribution in [3.63, 3.8) is 0 Å². The highest BCUT2D eigenvalue weighted by Crippen LogP contribution is 2.56. The standard InChI is InChI=1S/C25H28N2O3/c1-15-13-25(23(26)28)22(17(3)30-24(25)29)21(16(15)2)12-11-20-10-9-19(14-27-20)18-7-5-4-6-8-18/h4-12,14-17,21-22H,13H2,1-3H3,(H2,26,28)/t15-,16+,17+,21-,22-,25+/m0/s1. The quantitative estimate of drug-likeness (QED) is 0.615. The van der Waals surface area contributed by atoms with Crippen molar-refractivity contribution in [1.82, 2.24) is 4.98 Å². The van der Waals surface area contributed by atoms with Crippen molar-refractivity contribution in [2.24, 2.45) is 34.8 Å². The zero-order valence-electron chi connectivity index (χ0n) is 17.6. The number of nitrogens with two attached hydrogens (primary N) is 1. The maximum atomic E-state index is 12.7. The lowest BCUT2D eigenvalue weighted by molar-refractivity contribution is -0.156. The van der Waals surface area contributed by atoms with E-state index >= 15 is 0 Å². The van der Waals surface area contributed by atoms with Crippen LogP contribution in [-0.2, 0) is 14.3 Å². The molecule has 2 N–H and O–H groups in total. The number of benzene rings is 1. The van der Waals surface area contributed by atoms with Crippen LogP contribution in [-0.4, -0.2) is 23.0 Å². The van der Waals surface area contributed by atoms with Crippen LogP contribution in [0.15, 0.2) is 54.7 Å². The molecule has 0 radical (unpaired) electrons. The van der Waals surface area contributed by atoms with Gasteiger partial charge in [-0.1, -0.05) is 56.3 Å². The van der Waals surface area contributed by atoms with Gasteiger partial charge in [-0.15, -0.1) is 0 Å². The first kappa shape index (κ1) is 20.3. The molecule has 4 rings (SSSR count). The first-order valence-corrected chi connectivity index (χ1v) is 10.5. The van der Waals surface area contributed by atoms with Crippen molar-refractivity contribution in [2.45, 2.75) is 33.3 Å². The number of carbonyl (C=O) groups is 2. The predicted octanol–water partition coefficient (Wildman–Crippen LogP) is 4.09. The van der Waals surface area contributed by atoms with E-state index in [-0.39, 0.29) is 23.9 Å². The Labute approximate surface area is 177 Å². The van der Waals surface area contributed by atoms with E-state index in [1.165, 1.54) is 0 Å². The minimum absolute atomic E-state index is 0.00157. The van der Waals surface area contributed by atoms with Crippen LogP contribution in [0.4, 0.5) is 0 Å². The predicted molar refractivity (Wildman–Crippen MR) is 116 cm³/mol. The molecule has 156 valence electrons. The van der Waals surface area contributed by atoms with Gasteiger partial charge >= 0.3 is 5.97 Å². The largest absolute Gasteiger partial charge is 0.461 e. The van der Waals surface area contributed by atoms with Gasteiger partial charge in [-0.05, 0) is 48.8 Å². The maximum Gasteiger partial charge on any atom is 0.322 e. The highest BCUT2D eigenvalue weighted by Gasteiger charge is 2.65. The molecule has 0 unspecified atom stereocenters. The average molecular weight is 405 g/mol. The summed E-state index contributed by atoms with van der Waals surface area (Å²) in [5.74, 6) is -0.819. The van der Waals surface area contributed by atoms with Crippen LogP contribution >= 0.6 is 0 Å². The molecule has 0 bridgehead atoms. The lowest BCUT2D eigenvalue weighted by Crippen LogP contribution is -2.54. The topological polar surface area (TPSA) is 82.3 Å². The van der Waals surface area contributed by atoms with Crippen LogP contribution in [0.25, 0.3) is 17.2 Å². The fraction of sp³-hybridized carbons (Fsp3) is 0.400. The second-order valence-corrected chi connectivity index (χ2v) is 8.79. The molecule has 2 aromatic rings. The summed E-state index contributed by atoms with van der Waals surface area (Å²) in [6, 6.07) is 14.1. The van der Waals surface area contributed by atoms with Gasteiger partial charge in [0.2, 0.25) is 5.91 Å². The van der Waals surface area contributed by atoms with Gasteiger partial charge in [0.25, 0.3) is 0 Å².